The Morgan fingerprint density at radius 2 is 1.70 bits per heavy atom. The Morgan fingerprint density at radius 1 is 1.11 bits per heavy atom. The largest absolute Gasteiger partial charge is 0.365 e. The summed E-state index contributed by atoms with van der Waals surface area (Å²) in [7, 11) is 0. The van der Waals surface area contributed by atoms with Crippen molar-refractivity contribution in [1.29, 1.82) is 0 Å². The van der Waals surface area contributed by atoms with Crippen LogP contribution in [0.4, 0.5) is 0 Å². The van der Waals surface area contributed by atoms with E-state index in [1.165, 1.54) is 5.56 Å². The first-order valence-electron chi connectivity index (χ1n) is 9.32. The van der Waals surface area contributed by atoms with Crippen molar-refractivity contribution >= 4 is 29.1 Å². The lowest BCUT2D eigenvalue weighted by Gasteiger charge is -2.30. The standard InChI is InChI=1S/C22H25Cl2NO2/c1-15(25-21(26)22(2)12-3-13-27-22)20(17-6-10-19(24)11-7-17)14-16-4-8-18(23)9-5-16/h4-11,15,20H,3,12-14H2,1-2H3,(H,25,26). The van der Waals surface area contributed by atoms with Crippen molar-refractivity contribution in [3.05, 3.63) is 69.7 Å². The van der Waals surface area contributed by atoms with Crippen LogP contribution in [0.3, 0.4) is 0 Å². The number of carbonyl (C=O) groups is 1. The second-order valence-electron chi connectivity index (χ2n) is 7.43. The Bertz CT molecular complexity index is 768. The van der Waals surface area contributed by atoms with E-state index in [0.717, 1.165) is 29.8 Å². The molecule has 3 atom stereocenters. The van der Waals surface area contributed by atoms with Crippen LogP contribution in [-0.4, -0.2) is 24.2 Å². The van der Waals surface area contributed by atoms with Gasteiger partial charge in [-0.3, -0.25) is 4.79 Å². The average Bonchev–Trinajstić information content (AvgIpc) is 3.10. The molecule has 0 aliphatic carbocycles. The molecule has 3 rings (SSSR count). The highest BCUT2D eigenvalue weighted by molar-refractivity contribution is 6.30. The predicted molar refractivity (Wildman–Crippen MR) is 111 cm³/mol. The van der Waals surface area contributed by atoms with Gasteiger partial charge in [-0.2, -0.15) is 0 Å². The van der Waals surface area contributed by atoms with Crippen LogP contribution in [0.15, 0.2) is 48.5 Å². The van der Waals surface area contributed by atoms with Crippen LogP contribution in [-0.2, 0) is 16.0 Å². The van der Waals surface area contributed by atoms with Crippen molar-refractivity contribution in [2.24, 2.45) is 0 Å². The molecular weight excluding hydrogens is 381 g/mol. The monoisotopic (exact) mass is 405 g/mol. The molecule has 5 heteroatoms. The first-order valence-corrected chi connectivity index (χ1v) is 10.1. The summed E-state index contributed by atoms with van der Waals surface area (Å²) in [6.45, 7) is 4.56. The van der Waals surface area contributed by atoms with Crippen molar-refractivity contribution in [3.63, 3.8) is 0 Å². The van der Waals surface area contributed by atoms with Crippen molar-refractivity contribution in [2.75, 3.05) is 6.61 Å². The molecule has 3 nitrogen and oxygen atoms in total. The van der Waals surface area contributed by atoms with Gasteiger partial charge in [0.05, 0.1) is 0 Å². The Morgan fingerprint density at radius 3 is 2.26 bits per heavy atom. The third-order valence-corrected chi connectivity index (χ3v) is 5.83. The number of amides is 1. The maximum absolute atomic E-state index is 12.8. The third kappa shape index (κ3) is 5.04. The molecular formula is C22H25Cl2NO2. The molecule has 144 valence electrons. The van der Waals surface area contributed by atoms with E-state index < -0.39 is 5.60 Å². The van der Waals surface area contributed by atoms with Gasteiger partial charge in [0.1, 0.15) is 5.60 Å². The number of rotatable bonds is 6. The summed E-state index contributed by atoms with van der Waals surface area (Å²) in [5, 5.41) is 4.60. The summed E-state index contributed by atoms with van der Waals surface area (Å²) in [4.78, 5) is 12.8. The lowest BCUT2D eigenvalue weighted by Crippen LogP contribution is -2.49. The molecule has 0 bridgehead atoms. The zero-order chi connectivity index (χ0) is 19.4. The number of hydrogen-bond donors (Lipinski definition) is 1. The fourth-order valence-electron chi connectivity index (χ4n) is 3.59. The topological polar surface area (TPSA) is 38.3 Å². The van der Waals surface area contributed by atoms with Crippen LogP contribution in [0.25, 0.3) is 0 Å². The highest BCUT2D eigenvalue weighted by Gasteiger charge is 2.39. The molecule has 1 heterocycles. The lowest BCUT2D eigenvalue weighted by molar-refractivity contribution is -0.140. The van der Waals surface area contributed by atoms with Crippen LogP contribution in [0.5, 0.6) is 0 Å². The Balaban J connectivity index is 1.80. The summed E-state index contributed by atoms with van der Waals surface area (Å²) in [6, 6.07) is 15.6. The van der Waals surface area contributed by atoms with Crippen molar-refractivity contribution in [3.8, 4) is 0 Å². The lowest BCUT2D eigenvalue weighted by atomic mass is 9.86. The summed E-state index contributed by atoms with van der Waals surface area (Å²) < 4.78 is 5.69. The molecule has 0 saturated carbocycles. The second-order valence-corrected chi connectivity index (χ2v) is 8.31. The first kappa shape index (κ1) is 20.2. The van der Waals surface area contributed by atoms with Gasteiger partial charge in [0, 0.05) is 28.6 Å². The number of carbonyl (C=O) groups excluding carboxylic acids is 1. The van der Waals surface area contributed by atoms with Gasteiger partial charge in [0.2, 0.25) is 0 Å². The number of halogens is 2. The molecule has 1 saturated heterocycles. The molecule has 1 amide bonds. The molecule has 27 heavy (non-hydrogen) atoms. The first-order chi connectivity index (χ1) is 12.9. The summed E-state index contributed by atoms with van der Waals surface area (Å²) in [5.74, 6) is 0.0694. The molecule has 1 fully saturated rings. The Hall–Kier alpha value is -1.55. The highest BCUT2D eigenvalue weighted by atomic mass is 35.5. The van der Waals surface area contributed by atoms with Gasteiger partial charge in [-0.05, 0) is 68.5 Å². The predicted octanol–water partition coefficient (Wildman–Crippen LogP) is 5.39. The maximum Gasteiger partial charge on any atom is 0.252 e. The molecule has 1 aliphatic heterocycles. The number of benzene rings is 2. The van der Waals surface area contributed by atoms with Crippen LogP contribution < -0.4 is 5.32 Å². The van der Waals surface area contributed by atoms with Gasteiger partial charge in [0.25, 0.3) is 5.91 Å². The van der Waals surface area contributed by atoms with E-state index in [1.807, 2.05) is 62.4 Å². The minimum atomic E-state index is -0.723. The van der Waals surface area contributed by atoms with Crippen LogP contribution in [0.1, 0.15) is 43.7 Å². The minimum Gasteiger partial charge on any atom is -0.365 e. The molecule has 0 radical (unpaired) electrons. The second kappa shape index (κ2) is 8.64. The van der Waals surface area contributed by atoms with Gasteiger partial charge in [-0.1, -0.05) is 47.5 Å². The van der Waals surface area contributed by atoms with Crippen molar-refractivity contribution in [2.45, 2.75) is 50.7 Å². The normalized spacial score (nSPS) is 21.6. The molecule has 1 N–H and O–H groups in total. The average molecular weight is 406 g/mol. The van der Waals surface area contributed by atoms with Gasteiger partial charge < -0.3 is 10.1 Å². The van der Waals surface area contributed by atoms with Crippen LogP contribution >= 0.6 is 23.2 Å². The Labute approximate surface area is 171 Å². The molecule has 0 spiro atoms. The van der Waals surface area contributed by atoms with Gasteiger partial charge >= 0.3 is 0 Å². The van der Waals surface area contributed by atoms with Crippen molar-refractivity contribution < 1.29 is 9.53 Å². The van der Waals surface area contributed by atoms with Gasteiger partial charge in [-0.25, -0.2) is 0 Å². The fraction of sp³-hybridized carbons (Fsp3) is 0.409. The number of ether oxygens (including phenoxy) is 1. The number of hydrogen-bond acceptors (Lipinski definition) is 2. The fourth-order valence-corrected chi connectivity index (χ4v) is 3.84. The molecule has 2 aromatic rings. The quantitative estimate of drug-likeness (QED) is 0.698. The maximum atomic E-state index is 12.8. The molecule has 2 aromatic carbocycles. The summed E-state index contributed by atoms with van der Waals surface area (Å²) in [5.41, 5.74) is 1.59. The van der Waals surface area contributed by atoms with Gasteiger partial charge in [0.15, 0.2) is 0 Å². The van der Waals surface area contributed by atoms with Crippen molar-refractivity contribution in [1.82, 2.24) is 5.32 Å². The highest BCUT2D eigenvalue weighted by Crippen LogP contribution is 2.29. The van der Waals surface area contributed by atoms with E-state index in [0.29, 0.717) is 11.6 Å². The molecule has 3 unspecified atom stereocenters. The van der Waals surface area contributed by atoms with Gasteiger partial charge in [-0.15, -0.1) is 0 Å². The van der Waals surface area contributed by atoms with Crippen LogP contribution in [0.2, 0.25) is 10.0 Å². The SMILES string of the molecule is CC(NC(=O)C1(C)CCCO1)C(Cc1ccc(Cl)cc1)c1ccc(Cl)cc1. The molecule has 0 aromatic heterocycles. The van der Waals surface area contributed by atoms with E-state index >= 15 is 0 Å². The zero-order valence-corrected chi connectivity index (χ0v) is 17.2. The van der Waals surface area contributed by atoms with E-state index in [9.17, 15) is 4.79 Å². The van der Waals surface area contributed by atoms with E-state index in [4.69, 9.17) is 27.9 Å². The van der Waals surface area contributed by atoms with E-state index in [1.54, 1.807) is 0 Å². The van der Waals surface area contributed by atoms with Crippen LogP contribution in [0, 0.1) is 0 Å². The number of nitrogens with one attached hydrogen (secondary N) is 1. The van der Waals surface area contributed by atoms with E-state index in [2.05, 4.69) is 5.32 Å². The Kier molecular flexibility index (Phi) is 6.46. The smallest absolute Gasteiger partial charge is 0.252 e. The zero-order valence-electron chi connectivity index (χ0n) is 15.7. The van der Waals surface area contributed by atoms with E-state index in [-0.39, 0.29) is 17.9 Å². The third-order valence-electron chi connectivity index (χ3n) is 5.33. The summed E-state index contributed by atoms with van der Waals surface area (Å²) in [6.07, 6.45) is 2.47. The minimum absolute atomic E-state index is 0.0393. The summed E-state index contributed by atoms with van der Waals surface area (Å²) >= 11 is 12.1. The molecule has 1 aliphatic rings.